The highest BCUT2D eigenvalue weighted by atomic mass is 15.3. The molecule has 1 aromatic rings. The molecule has 0 saturated carbocycles. The number of hydrogen-bond acceptors (Lipinski definition) is 2. The van der Waals surface area contributed by atoms with E-state index in [1.165, 1.54) is 50.6 Å². The van der Waals surface area contributed by atoms with Crippen molar-refractivity contribution in [2.45, 2.75) is 44.4 Å². The molecule has 1 N–H and O–H groups in total. The maximum absolute atomic E-state index is 4.49. The standard InChI is InChI=1S/C21H36N4/c1-22-21(23-15-10-5-4-6-11-16-24(2)3)25-17-14-20(18-25)19-12-8-7-9-13-19/h7-9,12-13,20H,4-6,10-11,14-18H2,1-3H3,(H,22,23). The van der Waals surface area contributed by atoms with Gasteiger partial charge in [0.2, 0.25) is 0 Å². The number of nitrogens with zero attached hydrogens (tertiary/aromatic N) is 3. The number of guanidine groups is 1. The highest BCUT2D eigenvalue weighted by Gasteiger charge is 2.25. The van der Waals surface area contributed by atoms with Crippen molar-refractivity contribution in [3.8, 4) is 0 Å². The summed E-state index contributed by atoms with van der Waals surface area (Å²) in [6.45, 7) is 4.42. The van der Waals surface area contributed by atoms with Gasteiger partial charge in [-0.1, -0.05) is 49.6 Å². The van der Waals surface area contributed by atoms with E-state index in [0.29, 0.717) is 5.92 Å². The molecule has 0 aliphatic carbocycles. The topological polar surface area (TPSA) is 30.9 Å². The van der Waals surface area contributed by atoms with Gasteiger partial charge in [-0.2, -0.15) is 0 Å². The van der Waals surface area contributed by atoms with E-state index >= 15 is 0 Å². The third-order valence-corrected chi connectivity index (χ3v) is 5.04. The second-order valence-electron chi connectivity index (χ2n) is 7.39. The van der Waals surface area contributed by atoms with Gasteiger partial charge in [0.05, 0.1) is 0 Å². The van der Waals surface area contributed by atoms with Crippen molar-refractivity contribution in [3.05, 3.63) is 35.9 Å². The van der Waals surface area contributed by atoms with Crippen LogP contribution in [0.2, 0.25) is 0 Å². The molecule has 0 radical (unpaired) electrons. The van der Waals surface area contributed by atoms with E-state index in [9.17, 15) is 0 Å². The zero-order valence-corrected chi connectivity index (χ0v) is 16.4. The molecule has 1 aliphatic rings. The van der Waals surface area contributed by atoms with Gasteiger partial charge in [0.15, 0.2) is 5.96 Å². The maximum Gasteiger partial charge on any atom is 0.193 e. The first-order chi connectivity index (χ1) is 12.2. The molecule has 1 unspecified atom stereocenters. The lowest BCUT2D eigenvalue weighted by Crippen LogP contribution is -2.40. The van der Waals surface area contributed by atoms with Crippen LogP contribution in [0.4, 0.5) is 0 Å². The molecule has 0 aromatic heterocycles. The molecule has 2 rings (SSSR count). The lowest BCUT2D eigenvalue weighted by molar-refractivity contribution is 0.389. The van der Waals surface area contributed by atoms with Crippen LogP contribution in [-0.4, -0.2) is 63.1 Å². The van der Waals surface area contributed by atoms with Gasteiger partial charge >= 0.3 is 0 Å². The molecular weight excluding hydrogens is 308 g/mol. The summed E-state index contributed by atoms with van der Waals surface area (Å²) in [5.74, 6) is 1.71. The first kappa shape index (κ1) is 19.8. The first-order valence-electron chi connectivity index (χ1n) is 9.86. The predicted octanol–water partition coefficient (Wildman–Crippen LogP) is 3.56. The number of rotatable bonds is 9. The summed E-state index contributed by atoms with van der Waals surface area (Å²) in [4.78, 5) is 9.17. The highest BCUT2D eigenvalue weighted by Crippen LogP contribution is 2.26. The second kappa shape index (κ2) is 11.1. The average Bonchev–Trinajstić information content (AvgIpc) is 3.11. The molecule has 4 heteroatoms. The average molecular weight is 345 g/mol. The molecule has 1 heterocycles. The minimum absolute atomic E-state index is 0.636. The summed E-state index contributed by atoms with van der Waals surface area (Å²) in [5, 5.41) is 3.56. The van der Waals surface area contributed by atoms with E-state index < -0.39 is 0 Å². The van der Waals surface area contributed by atoms with Gasteiger partial charge in [-0.25, -0.2) is 0 Å². The summed E-state index contributed by atoms with van der Waals surface area (Å²) in [6.07, 6.45) is 7.76. The summed E-state index contributed by atoms with van der Waals surface area (Å²) in [7, 11) is 6.20. The molecule has 0 bridgehead atoms. The van der Waals surface area contributed by atoms with Gasteiger partial charge in [-0.3, -0.25) is 4.99 Å². The van der Waals surface area contributed by atoms with Crippen LogP contribution in [0.3, 0.4) is 0 Å². The third-order valence-electron chi connectivity index (χ3n) is 5.04. The van der Waals surface area contributed by atoms with Crippen molar-refractivity contribution in [2.24, 2.45) is 4.99 Å². The number of hydrogen-bond donors (Lipinski definition) is 1. The van der Waals surface area contributed by atoms with E-state index in [2.05, 4.69) is 64.5 Å². The minimum atomic E-state index is 0.636. The fourth-order valence-electron chi connectivity index (χ4n) is 3.57. The summed E-state index contributed by atoms with van der Waals surface area (Å²) >= 11 is 0. The minimum Gasteiger partial charge on any atom is -0.356 e. The van der Waals surface area contributed by atoms with Crippen LogP contribution >= 0.6 is 0 Å². The van der Waals surface area contributed by atoms with E-state index in [4.69, 9.17) is 0 Å². The second-order valence-corrected chi connectivity index (χ2v) is 7.39. The number of likely N-dealkylation sites (tertiary alicyclic amines) is 1. The van der Waals surface area contributed by atoms with Crippen LogP contribution < -0.4 is 5.32 Å². The highest BCUT2D eigenvalue weighted by molar-refractivity contribution is 5.80. The Balaban J connectivity index is 1.61. The molecule has 1 saturated heterocycles. The van der Waals surface area contributed by atoms with Crippen molar-refractivity contribution < 1.29 is 0 Å². The van der Waals surface area contributed by atoms with Gasteiger partial charge in [0.25, 0.3) is 0 Å². The van der Waals surface area contributed by atoms with Gasteiger partial charge in [0.1, 0.15) is 0 Å². The monoisotopic (exact) mass is 344 g/mol. The number of unbranched alkanes of at least 4 members (excludes halogenated alkanes) is 4. The molecule has 140 valence electrons. The molecule has 0 amide bonds. The molecule has 25 heavy (non-hydrogen) atoms. The number of benzene rings is 1. The molecule has 0 spiro atoms. The fraction of sp³-hybridized carbons (Fsp3) is 0.667. The zero-order chi connectivity index (χ0) is 17.9. The summed E-state index contributed by atoms with van der Waals surface area (Å²) < 4.78 is 0. The first-order valence-corrected chi connectivity index (χ1v) is 9.86. The summed E-state index contributed by atoms with van der Waals surface area (Å²) in [6, 6.07) is 10.9. The number of aliphatic imine (C=N–C) groups is 1. The van der Waals surface area contributed by atoms with Crippen LogP contribution in [0, 0.1) is 0 Å². The van der Waals surface area contributed by atoms with Crippen LogP contribution in [-0.2, 0) is 0 Å². The van der Waals surface area contributed by atoms with Crippen molar-refractivity contribution in [2.75, 3.05) is 47.3 Å². The maximum atomic E-state index is 4.49. The Bertz CT molecular complexity index is 498. The Hall–Kier alpha value is -1.55. The Labute approximate surface area is 154 Å². The largest absolute Gasteiger partial charge is 0.356 e. The zero-order valence-electron chi connectivity index (χ0n) is 16.4. The van der Waals surface area contributed by atoms with Crippen molar-refractivity contribution in [1.29, 1.82) is 0 Å². The van der Waals surface area contributed by atoms with E-state index in [1.54, 1.807) is 0 Å². The molecule has 1 aromatic carbocycles. The van der Waals surface area contributed by atoms with E-state index in [-0.39, 0.29) is 0 Å². The Morgan fingerprint density at radius 3 is 2.56 bits per heavy atom. The van der Waals surface area contributed by atoms with Gasteiger partial charge in [-0.05, 0) is 45.5 Å². The van der Waals surface area contributed by atoms with Gasteiger partial charge in [0, 0.05) is 32.6 Å². The van der Waals surface area contributed by atoms with Crippen molar-refractivity contribution in [3.63, 3.8) is 0 Å². The fourth-order valence-corrected chi connectivity index (χ4v) is 3.57. The van der Waals surface area contributed by atoms with Crippen molar-refractivity contribution in [1.82, 2.24) is 15.1 Å². The molecule has 1 atom stereocenters. The smallest absolute Gasteiger partial charge is 0.193 e. The normalized spacial score (nSPS) is 18.2. The molecule has 4 nitrogen and oxygen atoms in total. The van der Waals surface area contributed by atoms with Crippen molar-refractivity contribution >= 4 is 5.96 Å². The third kappa shape index (κ3) is 7.07. The van der Waals surface area contributed by atoms with Crippen LogP contribution in [0.25, 0.3) is 0 Å². The van der Waals surface area contributed by atoms with Gasteiger partial charge in [-0.15, -0.1) is 0 Å². The van der Waals surface area contributed by atoms with Gasteiger partial charge < -0.3 is 15.1 Å². The van der Waals surface area contributed by atoms with Crippen LogP contribution in [0.1, 0.15) is 50.0 Å². The van der Waals surface area contributed by atoms with Crippen LogP contribution in [0.5, 0.6) is 0 Å². The Morgan fingerprint density at radius 1 is 1.12 bits per heavy atom. The Kier molecular flexibility index (Phi) is 8.81. The predicted molar refractivity (Wildman–Crippen MR) is 108 cm³/mol. The van der Waals surface area contributed by atoms with Crippen LogP contribution in [0.15, 0.2) is 35.3 Å². The summed E-state index contributed by atoms with van der Waals surface area (Å²) in [5.41, 5.74) is 1.46. The lowest BCUT2D eigenvalue weighted by atomic mass is 9.99. The lowest BCUT2D eigenvalue weighted by Gasteiger charge is -2.22. The molecular formula is C21H36N4. The van der Waals surface area contributed by atoms with E-state index in [1.807, 2.05) is 7.05 Å². The quantitative estimate of drug-likeness (QED) is 0.422. The Morgan fingerprint density at radius 2 is 1.84 bits per heavy atom. The van der Waals surface area contributed by atoms with E-state index in [0.717, 1.165) is 25.6 Å². The molecule has 1 aliphatic heterocycles. The SMILES string of the molecule is CN=C(NCCCCCCCN(C)C)N1CCC(c2ccccc2)C1. The molecule has 1 fully saturated rings. The number of nitrogens with one attached hydrogen (secondary N) is 1.